The Morgan fingerprint density at radius 2 is 1.51 bits per heavy atom. The van der Waals surface area contributed by atoms with Crippen LogP contribution in [0.25, 0.3) is 15.4 Å². The van der Waals surface area contributed by atoms with Crippen molar-refractivity contribution in [1.82, 2.24) is 35.3 Å². The van der Waals surface area contributed by atoms with Gasteiger partial charge in [-0.25, -0.2) is 4.98 Å². The van der Waals surface area contributed by atoms with E-state index in [0.717, 1.165) is 138 Å². The van der Waals surface area contributed by atoms with Crippen LogP contribution in [0.1, 0.15) is 167 Å². The molecule has 2 aliphatic rings. The zero-order valence-corrected chi connectivity index (χ0v) is 50.0. The Bertz CT molecular complexity index is 2760. The first-order valence-corrected chi connectivity index (χ1v) is 31.1. The molecule has 0 saturated carbocycles. The van der Waals surface area contributed by atoms with Crippen molar-refractivity contribution >= 4 is 69.5 Å². The number of unbranched alkanes of at least 4 members (excludes halogenated alkanes) is 8. The van der Waals surface area contributed by atoms with Gasteiger partial charge in [-0.15, -0.1) is 32.9 Å². The van der Waals surface area contributed by atoms with Crippen molar-refractivity contribution in [2.24, 2.45) is 10.7 Å². The first-order valence-electron chi connectivity index (χ1n) is 28.0. The third kappa shape index (κ3) is 16.3. The van der Waals surface area contributed by atoms with E-state index >= 15 is 0 Å². The number of thiophene rings is 1. The number of aryl methyl sites for hydroxylation is 3. The van der Waals surface area contributed by atoms with Crippen molar-refractivity contribution in [2.75, 3.05) is 45.3 Å². The van der Waals surface area contributed by atoms with Crippen LogP contribution < -0.4 is 16.4 Å². The number of β-amino-alcohol motifs (C(OH)–C–C–N with tert-alkyl or cyclic N) is 1. The molecule has 0 spiro atoms. The molecular formula is C59H82ClN9O6S3. The molecule has 78 heavy (non-hydrogen) atoms. The number of aliphatic hydroxyl groups excluding tert-OH is 1. The fourth-order valence-corrected chi connectivity index (χ4v) is 13.5. The highest BCUT2D eigenvalue weighted by Gasteiger charge is 2.46. The molecule has 2 aliphatic heterocycles. The summed E-state index contributed by atoms with van der Waals surface area (Å²) in [5, 5.41) is 28.1. The highest BCUT2D eigenvalue weighted by atomic mass is 35.5. The maximum atomic E-state index is 14.8. The van der Waals surface area contributed by atoms with Gasteiger partial charge in [-0.3, -0.25) is 23.9 Å². The number of aliphatic hydroxyl groups is 1. The molecule has 2 aromatic carbocycles. The van der Waals surface area contributed by atoms with Gasteiger partial charge in [0.25, 0.3) is 0 Å². The zero-order chi connectivity index (χ0) is 55.8. The first kappa shape index (κ1) is 61.1. The van der Waals surface area contributed by atoms with Crippen LogP contribution in [-0.4, -0.2) is 121 Å². The van der Waals surface area contributed by atoms with Crippen LogP contribution in [0.3, 0.4) is 0 Å². The van der Waals surface area contributed by atoms with Gasteiger partial charge in [0.2, 0.25) is 17.7 Å². The van der Waals surface area contributed by atoms with Gasteiger partial charge >= 0.3 is 0 Å². The number of fused-ring (bicyclic) bond motifs is 3. The van der Waals surface area contributed by atoms with Crippen LogP contribution >= 0.6 is 46.0 Å². The summed E-state index contributed by atoms with van der Waals surface area (Å²) in [7, 11) is 0. The maximum Gasteiger partial charge on any atom is 0.247 e. The van der Waals surface area contributed by atoms with E-state index in [2.05, 4.69) is 44.2 Å². The summed E-state index contributed by atoms with van der Waals surface area (Å²) in [4.78, 5) is 56.2. The monoisotopic (exact) mass is 1140 g/mol. The number of nitrogens with one attached hydrogen (secondary N) is 2. The number of nitrogens with two attached hydrogens (primary N) is 1. The van der Waals surface area contributed by atoms with E-state index in [1.807, 2.05) is 88.7 Å². The standard InChI is InChI=1S/C59H82ClN9O6S3/c1-38-41(4)78-58-51(38)52(44-24-26-46(60)27-25-44)64-48(55-67-66-42(5)69(55)58)28-33-75-32-16-10-11-18-34-77-59(6,7)54(65-50(71)19-13-12-17-31-74-30-15-9-8-14-29-61)57(73)68-36-47(70)35-49(68)56(72)63-39(2)43-20-22-45(23-21-43)53-40(3)62-37-76-53/h20-27,37,39,47-49,54,70H,8-19,28-36,61H2,1-7H3,(H,63,72)(H,65,71)/t39-,47+,48-,49-,54+/m0/s1. The second-order valence-electron chi connectivity index (χ2n) is 21.3. The lowest BCUT2D eigenvalue weighted by Gasteiger charge is -2.37. The summed E-state index contributed by atoms with van der Waals surface area (Å²) in [6.45, 7) is 17.4. The number of aliphatic imine (C=N–C) groups is 1. The van der Waals surface area contributed by atoms with E-state index in [-0.39, 0.29) is 49.2 Å². The van der Waals surface area contributed by atoms with Gasteiger partial charge in [0.1, 0.15) is 29.0 Å². The molecule has 5 N–H and O–H groups in total. The average molecular weight is 1150 g/mol. The smallest absolute Gasteiger partial charge is 0.247 e. The van der Waals surface area contributed by atoms with Gasteiger partial charge in [-0.2, -0.15) is 11.8 Å². The van der Waals surface area contributed by atoms with E-state index < -0.39 is 22.9 Å². The molecule has 0 radical (unpaired) electrons. The Balaban J connectivity index is 0.908. The number of carbonyl (C=O) groups is 3. The largest absolute Gasteiger partial charge is 0.391 e. The Morgan fingerprint density at radius 1 is 0.859 bits per heavy atom. The number of aromatic nitrogens is 4. The number of hydrogen-bond donors (Lipinski definition) is 4. The number of carbonyl (C=O) groups excluding carboxylic acids is 3. The number of nitrogens with zero attached hydrogens (tertiary/aromatic N) is 6. The lowest BCUT2D eigenvalue weighted by molar-refractivity contribution is -0.142. The van der Waals surface area contributed by atoms with Crippen LogP contribution in [0.2, 0.25) is 5.02 Å². The van der Waals surface area contributed by atoms with Crippen molar-refractivity contribution in [1.29, 1.82) is 0 Å². The van der Waals surface area contributed by atoms with E-state index in [9.17, 15) is 19.5 Å². The molecule has 5 aromatic rings. The van der Waals surface area contributed by atoms with E-state index in [0.29, 0.717) is 37.7 Å². The molecular weight excluding hydrogens is 1060 g/mol. The Morgan fingerprint density at radius 3 is 2.19 bits per heavy atom. The lowest BCUT2D eigenvalue weighted by Crippen LogP contribution is -2.60. The SMILES string of the molecule is Cc1ncsc1-c1ccc([C@H](C)NC(=O)[C@@H]2C[C@@H](O)CN2C(=O)[C@@H](NC(=O)CCCCCOCCCCCCN)C(C)(C)SCCCCCCOCC[C@@H]2N=C(c3ccc(Cl)cc3)c3c(sc(C)c3C)-n3c(C)nnc32)cc1. The Hall–Kier alpha value is -4.53. The van der Waals surface area contributed by atoms with Gasteiger partial charge in [-0.05, 0) is 128 Å². The number of hydrogen-bond acceptors (Lipinski definition) is 14. The molecule has 0 unspecified atom stereocenters. The van der Waals surface area contributed by atoms with Crippen LogP contribution in [0, 0.1) is 27.7 Å². The van der Waals surface area contributed by atoms with E-state index in [1.54, 1.807) is 34.4 Å². The Kier molecular flexibility index (Phi) is 23.3. The van der Waals surface area contributed by atoms with Gasteiger partial charge in [0.05, 0.1) is 33.9 Å². The normalized spacial score (nSPS) is 17.1. The van der Waals surface area contributed by atoms with Crippen LogP contribution in [0.5, 0.6) is 0 Å². The minimum atomic E-state index is -0.926. The summed E-state index contributed by atoms with van der Waals surface area (Å²) in [5.41, 5.74) is 14.6. The molecule has 0 aliphatic carbocycles. The molecule has 5 heterocycles. The lowest BCUT2D eigenvalue weighted by atomic mass is 9.99. The van der Waals surface area contributed by atoms with Crippen molar-refractivity contribution in [2.45, 2.75) is 173 Å². The molecule has 3 amide bonds. The average Bonchev–Trinajstić information content (AvgIpc) is 4.19. The molecule has 15 nitrogen and oxygen atoms in total. The van der Waals surface area contributed by atoms with Crippen molar-refractivity contribution in [3.05, 3.63) is 104 Å². The molecule has 7 rings (SSSR count). The Labute approximate surface area is 479 Å². The molecule has 1 saturated heterocycles. The van der Waals surface area contributed by atoms with Gasteiger partial charge < -0.3 is 35.8 Å². The molecule has 3 aromatic heterocycles. The van der Waals surface area contributed by atoms with Gasteiger partial charge in [0.15, 0.2) is 5.82 Å². The quantitative estimate of drug-likeness (QED) is 0.0308. The number of amides is 3. The topological polar surface area (TPSA) is 199 Å². The van der Waals surface area contributed by atoms with Crippen LogP contribution in [0.4, 0.5) is 0 Å². The van der Waals surface area contributed by atoms with Crippen LogP contribution in [-0.2, 0) is 23.9 Å². The van der Waals surface area contributed by atoms with Crippen molar-refractivity contribution in [3.63, 3.8) is 0 Å². The summed E-state index contributed by atoms with van der Waals surface area (Å²) in [6.07, 6.45) is 10.6. The molecule has 424 valence electrons. The number of benzene rings is 2. The third-order valence-electron chi connectivity index (χ3n) is 14.9. The predicted molar refractivity (Wildman–Crippen MR) is 317 cm³/mol. The highest BCUT2D eigenvalue weighted by molar-refractivity contribution is 8.00. The molecule has 5 atom stereocenters. The summed E-state index contributed by atoms with van der Waals surface area (Å²) in [5.74, 6) is 1.51. The first-order chi connectivity index (χ1) is 37.6. The minimum absolute atomic E-state index is 0.00520. The van der Waals surface area contributed by atoms with Gasteiger partial charge in [-0.1, -0.05) is 80.1 Å². The summed E-state index contributed by atoms with van der Waals surface area (Å²) in [6, 6.07) is 13.5. The molecule has 0 bridgehead atoms. The molecule has 19 heteroatoms. The third-order valence-corrected chi connectivity index (χ3v) is 18.8. The number of rotatable bonds is 31. The minimum Gasteiger partial charge on any atom is -0.391 e. The highest BCUT2D eigenvalue weighted by Crippen LogP contribution is 2.40. The molecule has 1 fully saturated rings. The zero-order valence-electron chi connectivity index (χ0n) is 46.8. The van der Waals surface area contributed by atoms with Crippen LogP contribution in [0.15, 0.2) is 59.0 Å². The summed E-state index contributed by atoms with van der Waals surface area (Å²) < 4.78 is 13.5. The number of ether oxygens (including phenoxy) is 2. The fraction of sp³-hybridized carbons (Fsp3) is 0.576. The maximum absolute atomic E-state index is 14.8. The predicted octanol–water partition coefficient (Wildman–Crippen LogP) is 11.1. The second-order valence-corrected chi connectivity index (χ2v) is 25.6. The van der Waals surface area contributed by atoms with Gasteiger partial charge in [0, 0.05) is 78.0 Å². The summed E-state index contributed by atoms with van der Waals surface area (Å²) >= 11 is 11.3. The van der Waals surface area contributed by atoms with Crippen molar-refractivity contribution in [3.8, 4) is 15.4 Å². The van der Waals surface area contributed by atoms with E-state index in [1.165, 1.54) is 15.3 Å². The number of halogens is 1. The second kappa shape index (κ2) is 29.8. The number of likely N-dealkylation sites (tertiary alicyclic amines) is 1. The number of thioether (sulfide) groups is 1. The van der Waals surface area contributed by atoms with Crippen molar-refractivity contribution < 1.29 is 29.0 Å². The fourth-order valence-electron chi connectivity index (χ4n) is 10.2. The van der Waals surface area contributed by atoms with E-state index in [4.69, 9.17) is 31.8 Å². The number of thiazole rings is 1.